The van der Waals surface area contributed by atoms with Crippen LogP contribution in [0.4, 0.5) is 8.78 Å². The van der Waals surface area contributed by atoms with Gasteiger partial charge in [0, 0.05) is 30.0 Å². The van der Waals surface area contributed by atoms with Gasteiger partial charge in [-0.3, -0.25) is 0 Å². The molecule has 1 saturated heterocycles. The van der Waals surface area contributed by atoms with Crippen LogP contribution in [0.15, 0.2) is 63.1 Å². The molecule has 2 aromatic carbocycles. The summed E-state index contributed by atoms with van der Waals surface area (Å²) in [4.78, 5) is 0.183. The van der Waals surface area contributed by atoms with Crippen molar-refractivity contribution in [2.45, 2.75) is 41.7 Å². The van der Waals surface area contributed by atoms with Crippen LogP contribution >= 0.6 is 11.8 Å². The topological polar surface area (TPSA) is 85.5 Å². The third-order valence-corrected chi connectivity index (χ3v) is 7.74. The van der Waals surface area contributed by atoms with E-state index >= 15 is 0 Å². The molecule has 170 valence electrons. The van der Waals surface area contributed by atoms with Gasteiger partial charge in [0.15, 0.2) is 0 Å². The smallest absolute Gasteiger partial charge is 0.387 e. The first kappa shape index (κ1) is 22.7. The molecule has 1 aliphatic rings. The SMILES string of the molecule is O=S(=O)(c1cccc(-c2nnc(SCc3ccccc3OC(F)F)o2)c1)N1CCCCC1. The summed E-state index contributed by atoms with van der Waals surface area (Å²) in [6.45, 7) is -1.88. The van der Waals surface area contributed by atoms with E-state index in [0.29, 0.717) is 24.2 Å². The lowest BCUT2D eigenvalue weighted by Gasteiger charge is -2.25. The molecule has 0 aliphatic carbocycles. The van der Waals surface area contributed by atoms with Crippen LogP contribution in [0.1, 0.15) is 24.8 Å². The first-order valence-corrected chi connectivity index (χ1v) is 12.5. The fourth-order valence-corrected chi connectivity index (χ4v) is 5.72. The van der Waals surface area contributed by atoms with E-state index in [9.17, 15) is 17.2 Å². The fraction of sp³-hybridized carbons (Fsp3) is 0.333. The Morgan fingerprint density at radius 3 is 2.62 bits per heavy atom. The minimum absolute atomic E-state index is 0.0883. The number of rotatable bonds is 8. The predicted molar refractivity (Wildman–Crippen MR) is 115 cm³/mol. The quantitative estimate of drug-likeness (QED) is 0.427. The van der Waals surface area contributed by atoms with Crippen LogP contribution in [0, 0.1) is 0 Å². The molecule has 0 unspecified atom stereocenters. The molecule has 11 heteroatoms. The second-order valence-corrected chi connectivity index (χ2v) is 10.0. The van der Waals surface area contributed by atoms with E-state index in [1.165, 1.54) is 28.2 Å². The fourth-order valence-electron chi connectivity index (χ4n) is 3.40. The molecule has 0 spiro atoms. The van der Waals surface area contributed by atoms with Crippen molar-refractivity contribution >= 4 is 21.8 Å². The van der Waals surface area contributed by atoms with Crippen molar-refractivity contribution in [1.82, 2.24) is 14.5 Å². The average Bonchev–Trinajstić information content (AvgIpc) is 3.28. The maximum absolute atomic E-state index is 12.9. The van der Waals surface area contributed by atoms with Crippen molar-refractivity contribution in [3.05, 3.63) is 54.1 Å². The average molecular weight is 482 g/mol. The Hall–Kier alpha value is -2.50. The van der Waals surface area contributed by atoms with Gasteiger partial charge in [-0.05, 0) is 37.1 Å². The van der Waals surface area contributed by atoms with E-state index < -0.39 is 16.6 Å². The number of alkyl halides is 2. The van der Waals surface area contributed by atoms with Crippen LogP contribution in [0.3, 0.4) is 0 Å². The number of hydrogen-bond donors (Lipinski definition) is 0. The van der Waals surface area contributed by atoms with Gasteiger partial charge in [0.25, 0.3) is 5.22 Å². The van der Waals surface area contributed by atoms with Crippen molar-refractivity contribution in [3.8, 4) is 17.2 Å². The summed E-state index contributed by atoms with van der Waals surface area (Å²) < 4.78 is 62.7. The highest BCUT2D eigenvalue weighted by Crippen LogP contribution is 2.31. The molecule has 0 atom stereocenters. The second kappa shape index (κ2) is 9.97. The minimum Gasteiger partial charge on any atom is -0.435 e. The number of nitrogens with zero attached hydrogens (tertiary/aromatic N) is 3. The zero-order chi connectivity index (χ0) is 22.6. The van der Waals surface area contributed by atoms with Gasteiger partial charge in [0.2, 0.25) is 15.9 Å². The number of halogens is 2. The molecule has 1 fully saturated rings. The minimum atomic E-state index is -3.58. The van der Waals surface area contributed by atoms with Gasteiger partial charge < -0.3 is 9.15 Å². The first-order chi connectivity index (χ1) is 15.4. The number of piperidine rings is 1. The van der Waals surface area contributed by atoms with Crippen LogP contribution in [0.5, 0.6) is 5.75 Å². The van der Waals surface area contributed by atoms with E-state index in [-0.39, 0.29) is 27.5 Å². The molecular formula is C21H21F2N3O4S2. The molecule has 0 amide bonds. The lowest BCUT2D eigenvalue weighted by molar-refractivity contribution is -0.0503. The molecular weight excluding hydrogens is 460 g/mol. The van der Waals surface area contributed by atoms with Gasteiger partial charge in [0.1, 0.15) is 5.75 Å². The Bertz CT molecular complexity index is 1170. The van der Waals surface area contributed by atoms with E-state index in [1.807, 2.05) is 0 Å². The van der Waals surface area contributed by atoms with Crippen molar-refractivity contribution in [2.24, 2.45) is 0 Å². The molecule has 4 rings (SSSR count). The molecule has 32 heavy (non-hydrogen) atoms. The van der Waals surface area contributed by atoms with E-state index in [4.69, 9.17) is 4.42 Å². The maximum Gasteiger partial charge on any atom is 0.387 e. The standard InChI is InChI=1S/C21H21F2N3O4S2/c22-20(23)29-18-10-3-2-7-16(18)14-31-21-25-24-19(30-21)15-8-6-9-17(13-15)32(27,28)26-11-4-1-5-12-26/h2-3,6-10,13,20H,1,4-5,11-12,14H2. The molecule has 7 nitrogen and oxygen atoms in total. The van der Waals surface area contributed by atoms with Crippen LogP contribution < -0.4 is 4.74 Å². The molecule has 1 aromatic heterocycles. The van der Waals surface area contributed by atoms with E-state index in [0.717, 1.165) is 19.3 Å². The first-order valence-electron chi connectivity index (χ1n) is 10.0. The third-order valence-electron chi connectivity index (χ3n) is 4.98. The Kier molecular flexibility index (Phi) is 7.07. The highest BCUT2D eigenvalue weighted by molar-refractivity contribution is 7.98. The monoisotopic (exact) mass is 481 g/mol. The molecule has 1 aliphatic heterocycles. The Morgan fingerprint density at radius 2 is 1.84 bits per heavy atom. The summed E-state index contributed by atoms with van der Waals surface area (Å²) in [6, 6.07) is 12.9. The summed E-state index contributed by atoms with van der Waals surface area (Å²) in [7, 11) is -3.58. The Morgan fingerprint density at radius 1 is 1.06 bits per heavy atom. The normalized spacial score (nSPS) is 15.2. The van der Waals surface area contributed by atoms with Crippen molar-refractivity contribution in [1.29, 1.82) is 0 Å². The van der Waals surface area contributed by atoms with Crippen LogP contribution in [-0.4, -0.2) is 42.6 Å². The van der Waals surface area contributed by atoms with Gasteiger partial charge in [-0.2, -0.15) is 13.1 Å². The number of benzene rings is 2. The number of ether oxygens (including phenoxy) is 1. The number of thioether (sulfide) groups is 1. The van der Waals surface area contributed by atoms with Crippen molar-refractivity contribution in [2.75, 3.05) is 13.1 Å². The number of hydrogen-bond acceptors (Lipinski definition) is 7. The lowest BCUT2D eigenvalue weighted by Crippen LogP contribution is -2.35. The van der Waals surface area contributed by atoms with Crippen molar-refractivity contribution < 1.29 is 26.4 Å². The summed E-state index contributed by atoms with van der Waals surface area (Å²) >= 11 is 1.17. The predicted octanol–water partition coefficient (Wildman–Crippen LogP) is 4.80. The lowest BCUT2D eigenvalue weighted by atomic mass is 10.2. The summed E-state index contributed by atoms with van der Waals surface area (Å²) in [5, 5.41) is 8.22. The van der Waals surface area contributed by atoms with Gasteiger partial charge in [-0.25, -0.2) is 8.42 Å². The van der Waals surface area contributed by atoms with Crippen LogP contribution in [0.2, 0.25) is 0 Å². The Labute approximate surface area is 188 Å². The molecule has 0 N–H and O–H groups in total. The van der Waals surface area contributed by atoms with Gasteiger partial charge in [-0.1, -0.05) is 42.4 Å². The maximum atomic E-state index is 12.9. The van der Waals surface area contributed by atoms with Crippen molar-refractivity contribution in [3.63, 3.8) is 0 Å². The number of aromatic nitrogens is 2. The Balaban J connectivity index is 1.48. The van der Waals surface area contributed by atoms with Crippen LogP contribution in [0.25, 0.3) is 11.5 Å². The van der Waals surface area contributed by atoms with Crippen LogP contribution in [-0.2, 0) is 15.8 Å². The summed E-state index contributed by atoms with van der Waals surface area (Å²) in [5.41, 5.74) is 1.05. The number of para-hydroxylation sites is 1. The summed E-state index contributed by atoms with van der Waals surface area (Å²) in [6.07, 6.45) is 2.75. The van der Waals surface area contributed by atoms with Gasteiger partial charge in [-0.15, -0.1) is 10.2 Å². The zero-order valence-electron chi connectivity index (χ0n) is 17.0. The van der Waals surface area contributed by atoms with E-state index in [1.54, 1.807) is 36.4 Å². The van der Waals surface area contributed by atoms with E-state index in [2.05, 4.69) is 14.9 Å². The number of sulfonamides is 1. The molecule has 0 saturated carbocycles. The molecule has 2 heterocycles. The molecule has 0 radical (unpaired) electrons. The summed E-state index contributed by atoms with van der Waals surface area (Å²) in [5.74, 6) is 0.555. The molecule has 0 bridgehead atoms. The second-order valence-electron chi connectivity index (χ2n) is 7.14. The highest BCUT2D eigenvalue weighted by Gasteiger charge is 2.26. The van der Waals surface area contributed by atoms with Gasteiger partial charge >= 0.3 is 6.61 Å². The zero-order valence-corrected chi connectivity index (χ0v) is 18.6. The van der Waals surface area contributed by atoms with Gasteiger partial charge in [0.05, 0.1) is 4.90 Å². The third kappa shape index (κ3) is 5.28. The molecule has 3 aromatic rings. The highest BCUT2D eigenvalue weighted by atomic mass is 32.2. The largest absolute Gasteiger partial charge is 0.435 e.